The van der Waals surface area contributed by atoms with E-state index in [4.69, 9.17) is 9.15 Å². The third-order valence-electron chi connectivity index (χ3n) is 5.37. The molecule has 1 atom stereocenters. The zero-order valence-corrected chi connectivity index (χ0v) is 18.4. The van der Waals surface area contributed by atoms with Gasteiger partial charge in [0.25, 0.3) is 11.7 Å². The van der Waals surface area contributed by atoms with E-state index in [0.29, 0.717) is 35.2 Å². The quantitative estimate of drug-likeness (QED) is 0.311. The average Bonchev–Trinajstić information content (AvgIpc) is 3.41. The summed E-state index contributed by atoms with van der Waals surface area (Å²) in [6.45, 7) is 4.71. The first-order valence-electron chi connectivity index (χ1n) is 10.7. The van der Waals surface area contributed by atoms with Crippen molar-refractivity contribution in [3.63, 3.8) is 0 Å². The number of aliphatic hydroxyl groups is 1. The molecule has 170 valence electrons. The number of aliphatic hydroxyl groups excluding tert-OH is 1. The van der Waals surface area contributed by atoms with Crippen LogP contribution in [0.4, 0.5) is 0 Å². The molecule has 1 fully saturated rings. The van der Waals surface area contributed by atoms with Crippen LogP contribution in [0.1, 0.15) is 36.8 Å². The number of aromatic hydroxyl groups is 1. The van der Waals surface area contributed by atoms with Crippen molar-refractivity contribution in [3.8, 4) is 11.5 Å². The Labute approximate surface area is 191 Å². The number of benzene rings is 2. The van der Waals surface area contributed by atoms with Gasteiger partial charge in [-0.1, -0.05) is 26.0 Å². The summed E-state index contributed by atoms with van der Waals surface area (Å²) in [6.07, 6.45) is 1.49. The maximum Gasteiger partial charge on any atom is 0.296 e. The molecule has 2 aromatic carbocycles. The summed E-state index contributed by atoms with van der Waals surface area (Å²) in [5.41, 5.74) is 0.955. The lowest BCUT2D eigenvalue weighted by Gasteiger charge is -2.24. The second-order valence-electron chi connectivity index (χ2n) is 8.33. The molecule has 2 heterocycles. The summed E-state index contributed by atoms with van der Waals surface area (Å²) >= 11 is 0. The van der Waals surface area contributed by atoms with Crippen molar-refractivity contribution >= 4 is 17.4 Å². The number of rotatable bonds is 7. The van der Waals surface area contributed by atoms with Crippen LogP contribution in [0.15, 0.2) is 76.9 Å². The summed E-state index contributed by atoms with van der Waals surface area (Å²) in [4.78, 5) is 27.4. The van der Waals surface area contributed by atoms with Gasteiger partial charge in [-0.05, 0) is 60.0 Å². The van der Waals surface area contributed by atoms with Crippen molar-refractivity contribution in [2.45, 2.75) is 26.4 Å². The number of furan rings is 1. The number of ether oxygens (including phenoxy) is 1. The van der Waals surface area contributed by atoms with E-state index < -0.39 is 17.7 Å². The lowest BCUT2D eigenvalue weighted by atomic mass is 9.95. The summed E-state index contributed by atoms with van der Waals surface area (Å²) in [7, 11) is 0. The number of hydrogen-bond donors (Lipinski definition) is 2. The molecule has 4 rings (SSSR count). The van der Waals surface area contributed by atoms with Gasteiger partial charge in [0.1, 0.15) is 23.0 Å². The van der Waals surface area contributed by atoms with Crippen LogP contribution in [-0.2, 0) is 16.1 Å². The maximum atomic E-state index is 13.0. The van der Waals surface area contributed by atoms with E-state index in [1.54, 1.807) is 48.5 Å². The van der Waals surface area contributed by atoms with Crippen LogP contribution in [0.5, 0.6) is 11.5 Å². The summed E-state index contributed by atoms with van der Waals surface area (Å²) in [5, 5.41) is 20.8. The molecule has 33 heavy (non-hydrogen) atoms. The smallest absolute Gasteiger partial charge is 0.296 e. The van der Waals surface area contributed by atoms with Gasteiger partial charge in [0.2, 0.25) is 0 Å². The predicted octanol–water partition coefficient (Wildman–Crippen LogP) is 4.64. The standard InChI is InChI=1S/C26H25NO6/c1-16(2)15-33-20-11-7-18(8-12-20)24(29)22-23(17-5-9-19(28)10-6-17)27(26(31)25(22)30)14-21-4-3-13-32-21/h3-13,16,23,28-29H,14-15H2,1-2H3/b24-22-. The van der Waals surface area contributed by atoms with Crippen molar-refractivity contribution in [1.82, 2.24) is 4.90 Å². The van der Waals surface area contributed by atoms with E-state index in [1.165, 1.54) is 23.3 Å². The zero-order chi connectivity index (χ0) is 23.5. The Kier molecular flexibility index (Phi) is 6.22. The molecule has 1 aliphatic heterocycles. The second kappa shape index (κ2) is 9.24. The molecular weight excluding hydrogens is 422 g/mol. The third-order valence-corrected chi connectivity index (χ3v) is 5.37. The Bertz CT molecular complexity index is 1160. The monoisotopic (exact) mass is 447 g/mol. The van der Waals surface area contributed by atoms with Crippen molar-refractivity contribution in [1.29, 1.82) is 0 Å². The average molecular weight is 447 g/mol. The molecule has 1 saturated heterocycles. The first-order chi connectivity index (χ1) is 15.8. The molecule has 1 unspecified atom stereocenters. The molecule has 2 N–H and O–H groups in total. The lowest BCUT2D eigenvalue weighted by molar-refractivity contribution is -0.140. The number of amides is 1. The topological polar surface area (TPSA) is 100 Å². The van der Waals surface area contributed by atoms with Gasteiger partial charge in [-0.3, -0.25) is 9.59 Å². The van der Waals surface area contributed by atoms with Gasteiger partial charge >= 0.3 is 0 Å². The van der Waals surface area contributed by atoms with Crippen LogP contribution in [0.25, 0.3) is 5.76 Å². The highest BCUT2D eigenvalue weighted by atomic mass is 16.5. The number of nitrogens with zero attached hydrogens (tertiary/aromatic N) is 1. The Morgan fingerprint density at radius 3 is 2.36 bits per heavy atom. The van der Waals surface area contributed by atoms with Gasteiger partial charge in [0, 0.05) is 5.56 Å². The highest BCUT2D eigenvalue weighted by Crippen LogP contribution is 2.40. The lowest BCUT2D eigenvalue weighted by Crippen LogP contribution is -2.29. The van der Waals surface area contributed by atoms with E-state index in [2.05, 4.69) is 0 Å². The summed E-state index contributed by atoms with van der Waals surface area (Å²) in [6, 6.07) is 15.5. The fourth-order valence-corrected chi connectivity index (χ4v) is 3.74. The molecule has 1 amide bonds. The van der Waals surface area contributed by atoms with E-state index in [1.807, 2.05) is 13.8 Å². The molecule has 7 heteroatoms. The first-order valence-corrected chi connectivity index (χ1v) is 10.7. The summed E-state index contributed by atoms with van der Waals surface area (Å²) in [5.74, 6) is -0.211. The Balaban J connectivity index is 1.75. The number of likely N-dealkylation sites (tertiary alicyclic amines) is 1. The minimum atomic E-state index is -0.840. The number of ketones is 1. The van der Waals surface area contributed by atoms with Crippen LogP contribution >= 0.6 is 0 Å². The van der Waals surface area contributed by atoms with Crippen molar-refractivity contribution in [2.75, 3.05) is 6.61 Å². The number of Topliss-reactive ketones (excluding diaryl/α,β-unsaturated/α-hetero) is 1. The number of phenolic OH excluding ortho intramolecular Hbond substituents is 1. The van der Waals surface area contributed by atoms with E-state index in [9.17, 15) is 19.8 Å². The molecule has 3 aromatic rings. The zero-order valence-electron chi connectivity index (χ0n) is 18.4. The largest absolute Gasteiger partial charge is 0.508 e. The van der Waals surface area contributed by atoms with Crippen LogP contribution < -0.4 is 4.74 Å². The molecule has 1 aliphatic rings. The fourth-order valence-electron chi connectivity index (χ4n) is 3.74. The van der Waals surface area contributed by atoms with Crippen molar-refractivity contribution in [2.24, 2.45) is 5.92 Å². The van der Waals surface area contributed by atoms with E-state index >= 15 is 0 Å². The van der Waals surface area contributed by atoms with Crippen molar-refractivity contribution < 1.29 is 29.0 Å². The molecule has 1 aromatic heterocycles. The van der Waals surface area contributed by atoms with Gasteiger partial charge in [-0.2, -0.15) is 0 Å². The predicted molar refractivity (Wildman–Crippen MR) is 121 cm³/mol. The van der Waals surface area contributed by atoms with Crippen LogP contribution in [0.2, 0.25) is 0 Å². The summed E-state index contributed by atoms with van der Waals surface area (Å²) < 4.78 is 11.1. The molecule has 0 radical (unpaired) electrons. The van der Waals surface area contributed by atoms with Gasteiger partial charge in [-0.15, -0.1) is 0 Å². The third kappa shape index (κ3) is 4.62. The van der Waals surface area contributed by atoms with Gasteiger partial charge in [0.05, 0.1) is 31.0 Å². The van der Waals surface area contributed by atoms with Gasteiger partial charge in [-0.25, -0.2) is 0 Å². The highest BCUT2D eigenvalue weighted by molar-refractivity contribution is 6.46. The van der Waals surface area contributed by atoms with Crippen LogP contribution in [-0.4, -0.2) is 33.4 Å². The van der Waals surface area contributed by atoms with Crippen molar-refractivity contribution in [3.05, 3.63) is 89.4 Å². The number of carbonyl (C=O) groups is 2. The highest BCUT2D eigenvalue weighted by Gasteiger charge is 2.46. The Morgan fingerprint density at radius 2 is 1.76 bits per heavy atom. The minimum Gasteiger partial charge on any atom is -0.508 e. The van der Waals surface area contributed by atoms with Gasteiger partial charge in [0.15, 0.2) is 0 Å². The van der Waals surface area contributed by atoms with E-state index in [-0.39, 0.29) is 23.6 Å². The maximum absolute atomic E-state index is 13.0. The SMILES string of the molecule is CC(C)COc1ccc(/C(O)=C2/C(=O)C(=O)N(Cc3ccco3)C2c2ccc(O)cc2)cc1. The minimum absolute atomic E-state index is 0.0203. The molecular formula is C26H25NO6. The Hall–Kier alpha value is -4.00. The van der Waals surface area contributed by atoms with Gasteiger partial charge < -0.3 is 24.3 Å². The molecule has 0 spiro atoms. The first kappa shape index (κ1) is 22.2. The molecule has 0 aliphatic carbocycles. The molecule has 0 saturated carbocycles. The molecule has 7 nitrogen and oxygen atoms in total. The number of hydrogen-bond acceptors (Lipinski definition) is 6. The van der Waals surface area contributed by atoms with Crippen LogP contribution in [0, 0.1) is 5.92 Å². The fraction of sp³-hybridized carbons (Fsp3) is 0.231. The van der Waals surface area contributed by atoms with Crippen LogP contribution in [0.3, 0.4) is 0 Å². The molecule has 0 bridgehead atoms. The number of phenols is 1. The normalized spacial score (nSPS) is 17.7. The van der Waals surface area contributed by atoms with E-state index in [0.717, 1.165) is 0 Å². The second-order valence-corrected chi connectivity index (χ2v) is 8.33. The number of carbonyl (C=O) groups excluding carboxylic acids is 2. The Morgan fingerprint density at radius 1 is 1.06 bits per heavy atom.